The van der Waals surface area contributed by atoms with Gasteiger partial charge in [0.1, 0.15) is 13.2 Å². The Labute approximate surface area is 111 Å². The molecular formula is C13H19NO5. The zero-order valence-electron chi connectivity index (χ0n) is 10.6. The molecule has 6 heteroatoms. The zero-order valence-corrected chi connectivity index (χ0v) is 10.6. The van der Waals surface area contributed by atoms with Crippen molar-refractivity contribution in [3.05, 3.63) is 23.8 Å². The average molecular weight is 269 g/mol. The molecule has 0 atom stereocenters. The fourth-order valence-corrected chi connectivity index (χ4v) is 1.80. The van der Waals surface area contributed by atoms with E-state index in [1.165, 1.54) is 0 Å². The van der Waals surface area contributed by atoms with Gasteiger partial charge in [-0.3, -0.25) is 0 Å². The standard InChI is InChI=1S/C13H19NO5/c15-7-13(8-16,9-17)14-6-10-1-2-11-12(5-10)19-4-3-18-11/h1-2,5,14-17H,3-4,6-9H2. The molecule has 0 aliphatic carbocycles. The molecule has 1 aliphatic rings. The Hall–Kier alpha value is -1.34. The highest BCUT2D eigenvalue weighted by atomic mass is 16.6. The predicted octanol–water partition coefficient (Wildman–Crippen LogP) is -0.737. The third-order valence-electron chi connectivity index (χ3n) is 3.18. The summed E-state index contributed by atoms with van der Waals surface area (Å²) in [4.78, 5) is 0. The molecule has 0 saturated carbocycles. The van der Waals surface area contributed by atoms with Gasteiger partial charge in [0.25, 0.3) is 0 Å². The molecule has 19 heavy (non-hydrogen) atoms. The zero-order chi connectivity index (χ0) is 13.7. The van der Waals surface area contributed by atoms with E-state index in [9.17, 15) is 15.3 Å². The lowest BCUT2D eigenvalue weighted by Gasteiger charge is -2.29. The van der Waals surface area contributed by atoms with Crippen molar-refractivity contribution in [1.29, 1.82) is 0 Å². The number of ether oxygens (including phenoxy) is 2. The second-order valence-electron chi connectivity index (χ2n) is 4.59. The van der Waals surface area contributed by atoms with Gasteiger partial charge in [0, 0.05) is 6.54 Å². The van der Waals surface area contributed by atoms with Gasteiger partial charge in [-0.05, 0) is 17.7 Å². The van der Waals surface area contributed by atoms with Crippen LogP contribution in [0.5, 0.6) is 11.5 Å². The van der Waals surface area contributed by atoms with Crippen LogP contribution in [0, 0.1) is 0 Å². The molecule has 0 fully saturated rings. The summed E-state index contributed by atoms with van der Waals surface area (Å²) < 4.78 is 10.9. The van der Waals surface area contributed by atoms with Crippen molar-refractivity contribution < 1.29 is 24.8 Å². The van der Waals surface area contributed by atoms with Crippen molar-refractivity contribution in [1.82, 2.24) is 5.32 Å². The van der Waals surface area contributed by atoms with Gasteiger partial charge >= 0.3 is 0 Å². The minimum absolute atomic E-state index is 0.343. The normalized spacial score (nSPS) is 14.5. The molecule has 106 valence electrons. The van der Waals surface area contributed by atoms with Crippen LogP contribution < -0.4 is 14.8 Å². The van der Waals surface area contributed by atoms with Crippen molar-refractivity contribution in [3.8, 4) is 11.5 Å². The molecule has 4 N–H and O–H groups in total. The van der Waals surface area contributed by atoms with Gasteiger partial charge in [0.2, 0.25) is 0 Å². The van der Waals surface area contributed by atoms with Crippen LogP contribution in [0.15, 0.2) is 18.2 Å². The number of hydrogen-bond acceptors (Lipinski definition) is 6. The van der Waals surface area contributed by atoms with Crippen LogP contribution in [0.25, 0.3) is 0 Å². The summed E-state index contributed by atoms with van der Waals surface area (Å²) >= 11 is 0. The molecule has 0 aromatic heterocycles. The Morgan fingerprint density at radius 2 is 1.63 bits per heavy atom. The predicted molar refractivity (Wildman–Crippen MR) is 68.3 cm³/mol. The number of hydrogen-bond donors (Lipinski definition) is 4. The molecule has 0 saturated heterocycles. The molecule has 0 unspecified atom stereocenters. The molecule has 0 radical (unpaired) electrons. The minimum Gasteiger partial charge on any atom is -0.486 e. The summed E-state index contributed by atoms with van der Waals surface area (Å²) in [5.74, 6) is 1.40. The van der Waals surface area contributed by atoms with Crippen molar-refractivity contribution in [2.24, 2.45) is 0 Å². The van der Waals surface area contributed by atoms with Gasteiger partial charge in [-0.25, -0.2) is 0 Å². The van der Waals surface area contributed by atoms with E-state index < -0.39 is 5.54 Å². The number of aliphatic hydroxyl groups excluding tert-OH is 3. The first-order chi connectivity index (χ1) is 9.23. The maximum absolute atomic E-state index is 9.22. The lowest BCUT2D eigenvalue weighted by atomic mass is 10.0. The molecule has 0 amide bonds. The Morgan fingerprint density at radius 3 is 2.26 bits per heavy atom. The molecular weight excluding hydrogens is 250 g/mol. The van der Waals surface area contributed by atoms with Gasteiger partial charge in [-0.1, -0.05) is 6.07 Å². The molecule has 6 nitrogen and oxygen atoms in total. The summed E-state index contributed by atoms with van der Waals surface area (Å²) in [5, 5.41) is 30.6. The maximum atomic E-state index is 9.22. The van der Waals surface area contributed by atoms with Crippen LogP contribution in [0.2, 0.25) is 0 Å². The Kier molecular flexibility index (Phi) is 4.60. The maximum Gasteiger partial charge on any atom is 0.161 e. The fourth-order valence-electron chi connectivity index (χ4n) is 1.80. The van der Waals surface area contributed by atoms with Gasteiger partial charge in [-0.15, -0.1) is 0 Å². The Bertz CT molecular complexity index is 411. The van der Waals surface area contributed by atoms with E-state index in [0.717, 1.165) is 5.56 Å². The summed E-state index contributed by atoms with van der Waals surface area (Å²) in [7, 11) is 0. The van der Waals surface area contributed by atoms with E-state index in [0.29, 0.717) is 31.3 Å². The first-order valence-electron chi connectivity index (χ1n) is 6.19. The molecule has 2 rings (SSSR count). The fraction of sp³-hybridized carbons (Fsp3) is 0.538. The van der Waals surface area contributed by atoms with Crippen LogP contribution >= 0.6 is 0 Å². The van der Waals surface area contributed by atoms with E-state index in [2.05, 4.69) is 5.32 Å². The number of rotatable bonds is 6. The summed E-state index contributed by atoms with van der Waals surface area (Å²) in [6.45, 7) is 0.447. The van der Waals surface area contributed by atoms with E-state index in [1.54, 1.807) is 0 Å². The topological polar surface area (TPSA) is 91.2 Å². The minimum atomic E-state index is -1.08. The molecule has 1 aromatic rings. The van der Waals surface area contributed by atoms with Crippen molar-refractivity contribution >= 4 is 0 Å². The van der Waals surface area contributed by atoms with Gasteiger partial charge in [0.15, 0.2) is 11.5 Å². The largest absolute Gasteiger partial charge is 0.486 e. The van der Waals surface area contributed by atoms with Crippen molar-refractivity contribution in [2.75, 3.05) is 33.0 Å². The number of aliphatic hydroxyl groups is 3. The van der Waals surface area contributed by atoms with Gasteiger partial charge < -0.3 is 30.1 Å². The Morgan fingerprint density at radius 1 is 1.00 bits per heavy atom. The van der Waals surface area contributed by atoms with Gasteiger partial charge in [-0.2, -0.15) is 0 Å². The van der Waals surface area contributed by atoms with Gasteiger partial charge in [0.05, 0.1) is 25.4 Å². The van der Waals surface area contributed by atoms with E-state index in [1.807, 2.05) is 18.2 Å². The van der Waals surface area contributed by atoms with Crippen LogP contribution in [-0.4, -0.2) is 53.9 Å². The lowest BCUT2D eigenvalue weighted by Crippen LogP contribution is -2.54. The Balaban J connectivity index is 2.03. The third-order valence-corrected chi connectivity index (χ3v) is 3.18. The number of benzene rings is 1. The van der Waals surface area contributed by atoms with E-state index in [-0.39, 0.29) is 19.8 Å². The molecule has 1 heterocycles. The first-order valence-corrected chi connectivity index (χ1v) is 6.19. The van der Waals surface area contributed by atoms with E-state index in [4.69, 9.17) is 9.47 Å². The summed E-state index contributed by atoms with van der Waals surface area (Å²) in [6.07, 6.45) is 0. The highest BCUT2D eigenvalue weighted by molar-refractivity contribution is 5.43. The molecule has 1 aromatic carbocycles. The lowest BCUT2D eigenvalue weighted by molar-refractivity contribution is 0.0413. The summed E-state index contributed by atoms with van der Waals surface area (Å²) in [6, 6.07) is 5.54. The van der Waals surface area contributed by atoms with Crippen LogP contribution in [0.1, 0.15) is 5.56 Å². The van der Waals surface area contributed by atoms with Crippen LogP contribution in [0.4, 0.5) is 0 Å². The molecule has 1 aliphatic heterocycles. The van der Waals surface area contributed by atoms with E-state index >= 15 is 0 Å². The molecule has 0 spiro atoms. The monoisotopic (exact) mass is 269 g/mol. The smallest absolute Gasteiger partial charge is 0.161 e. The average Bonchev–Trinajstić information content (AvgIpc) is 2.49. The van der Waals surface area contributed by atoms with Crippen molar-refractivity contribution in [2.45, 2.75) is 12.1 Å². The van der Waals surface area contributed by atoms with Crippen LogP contribution in [-0.2, 0) is 6.54 Å². The highest BCUT2D eigenvalue weighted by Crippen LogP contribution is 2.30. The van der Waals surface area contributed by atoms with Crippen molar-refractivity contribution in [3.63, 3.8) is 0 Å². The number of nitrogens with one attached hydrogen (secondary N) is 1. The third kappa shape index (κ3) is 3.16. The SMILES string of the molecule is OCC(CO)(CO)NCc1ccc2c(c1)OCCO2. The second-order valence-corrected chi connectivity index (χ2v) is 4.59. The highest BCUT2D eigenvalue weighted by Gasteiger charge is 2.27. The van der Waals surface area contributed by atoms with Crippen LogP contribution in [0.3, 0.4) is 0 Å². The number of fused-ring (bicyclic) bond motifs is 1. The quantitative estimate of drug-likeness (QED) is 0.544. The summed E-state index contributed by atoms with van der Waals surface area (Å²) in [5.41, 5.74) is -0.156. The molecule has 0 bridgehead atoms. The first kappa shape index (κ1) is 14.1. The second kappa shape index (κ2) is 6.21.